The number of hydrogen-bond donors (Lipinski definition) is 0. The maximum absolute atomic E-state index is 6.28. The smallest absolute Gasteiger partial charge is 0.0877 e. The van der Waals surface area contributed by atoms with Crippen molar-refractivity contribution in [1.29, 1.82) is 0 Å². The predicted octanol–water partition coefficient (Wildman–Crippen LogP) is 5.86. The first-order valence-corrected chi connectivity index (χ1v) is 9.18. The molecular weight excluding hydrogens is 395 g/mol. The molecule has 1 saturated heterocycles. The van der Waals surface area contributed by atoms with Crippen LogP contribution in [0.25, 0.3) is 0 Å². The van der Waals surface area contributed by atoms with Gasteiger partial charge >= 0.3 is 0 Å². The van der Waals surface area contributed by atoms with Crippen molar-refractivity contribution in [3.05, 3.63) is 87.2 Å². The van der Waals surface area contributed by atoms with Crippen LogP contribution in [0.3, 0.4) is 0 Å². The molecule has 0 aliphatic carbocycles. The van der Waals surface area contributed by atoms with Crippen LogP contribution in [0.5, 0.6) is 0 Å². The molecule has 2 atom stereocenters. The van der Waals surface area contributed by atoms with Gasteiger partial charge < -0.3 is 4.74 Å². The van der Waals surface area contributed by atoms with Crippen molar-refractivity contribution in [3.8, 4) is 0 Å². The number of aryl methyl sites for hydroxylation is 1. The summed E-state index contributed by atoms with van der Waals surface area (Å²) in [4.78, 5) is 0. The molecule has 0 amide bonds. The van der Waals surface area contributed by atoms with Crippen molar-refractivity contribution in [2.45, 2.75) is 37.9 Å². The Morgan fingerprint density at radius 1 is 1.09 bits per heavy atom. The van der Waals surface area contributed by atoms with Crippen LogP contribution in [0, 0.1) is 3.57 Å². The van der Waals surface area contributed by atoms with E-state index >= 15 is 0 Å². The van der Waals surface area contributed by atoms with Crippen molar-refractivity contribution in [2.75, 3.05) is 0 Å². The van der Waals surface area contributed by atoms with E-state index < -0.39 is 0 Å². The van der Waals surface area contributed by atoms with Crippen LogP contribution in [0.15, 0.2) is 72.5 Å². The predicted molar refractivity (Wildman–Crippen MR) is 103 cm³/mol. The van der Waals surface area contributed by atoms with E-state index in [1.165, 1.54) is 20.3 Å². The number of halogens is 1. The molecule has 118 valence electrons. The highest BCUT2D eigenvalue weighted by Crippen LogP contribution is 2.37. The summed E-state index contributed by atoms with van der Waals surface area (Å²) in [5.41, 5.74) is 7.01. The Hall–Kier alpha value is -1.35. The third-order valence-electron chi connectivity index (χ3n) is 4.39. The van der Waals surface area contributed by atoms with Crippen LogP contribution in [-0.4, -0.2) is 6.10 Å². The molecule has 0 N–H and O–H groups in total. The van der Waals surface area contributed by atoms with E-state index in [4.69, 9.17) is 4.74 Å². The van der Waals surface area contributed by atoms with Gasteiger partial charge in [0.15, 0.2) is 0 Å². The van der Waals surface area contributed by atoms with Gasteiger partial charge in [0.25, 0.3) is 0 Å². The largest absolute Gasteiger partial charge is 0.365 e. The van der Waals surface area contributed by atoms with Gasteiger partial charge in [-0.3, -0.25) is 0 Å². The third kappa shape index (κ3) is 4.14. The summed E-state index contributed by atoms with van der Waals surface area (Å²) >= 11 is 2.41. The second-order valence-corrected chi connectivity index (χ2v) is 7.08. The van der Waals surface area contributed by atoms with E-state index in [2.05, 4.69) is 83.4 Å². The monoisotopic (exact) mass is 416 g/mol. The van der Waals surface area contributed by atoms with Gasteiger partial charge in [0.05, 0.1) is 12.2 Å². The first-order chi connectivity index (χ1) is 11.3. The van der Waals surface area contributed by atoms with E-state index in [0.717, 1.165) is 25.7 Å². The minimum absolute atomic E-state index is 0.155. The Labute approximate surface area is 152 Å². The van der Waals surface area contributed by atoms with Crippen molar-refractivity contribution >= 4 is 22.6 Å². The fourth-order valence-electron chi connectivity index (χ4n) is 3.13. The number of ether oxygens (including phenoxy) is 1. The molecule has 0 spiro atoms. The lowest BCUT2D eigenvalue weighted by Gasteiger charge is -2.14. The van der Waals surface area contributed by atoms with Crippen molar-refractivity contribution in [2.24, 2.45) is 0 Å². The normalized spacial score (nSPS) is 20.5. The summed E-state index contributed by atoms with van der Waals surface area (Å²) in [6.07, 6.45) is 4.49. The molecule has 2 heteroatoms. The second-order valence-electron chi connectivity index (χ2n) is 5.91. The average Bonchev–Trinajstić information content (AvgIpc) is 3.01. The van der Waals surface area contributed by atoms with Crippen LogP contribution in [0.2, 0.25) is 0 Å². The van der Waals surface area contributed by atoms with Crippen LogP contribution in [0.4, 0.5) is 0 Å². The fraction of sp³-hybridized carbons (Fsp3) is 0.286. The quantitative estimate of drug-likeness (QED) is 0.439. The van der Waals surface area contributed by atoms with Gasteiger partial charge in [0.2, 0.25) is 0 Å². The minimum Gasteiger partial charge on any atom is -0.365 e. The molecule has 2 aromatic carbocycles. The Morgan fingerprint density at radius 2 is 1.83 bits per heavy atom. The van der Waals surface area contributed by atoms with Crippen LogP contribution >= 0.6 is 22.6 Å². The highest BCUT2D eigenvalue weighted by atomic mass is 127. The zero-order valence-electron chi connectivity index (χ0n) is 13.2. The van der Waals surface area contributed by atoms with Crippen LogP contribution in [0.1, 0.15) is 36.5 Å². The zero-order chi connectivity index (χ0) is 16.1. The van der Waals surface area contributed by atoms with Gasteiger partial charge in [-0.1, -0.05) is 55.1 Å². The molecule has 0 radical (unpaired) electrons. The standard InChI is InChI=1S/C21H21IO/c1-2-16-15-21(18-10-4-3-5-11-18)23-20(16)14-8-12-17-9-6-7-13-19(17)22/h3-7,9-11,13,20-21H,1,8,12,14-15H2/t20-,21-/m0/s1. The van der Waals surface area contributed by atoms with Gasteiger partial charge in [-0.2, -0.15) is 0 Å². The van der Waals surface area contributed by atoms with E-state index in [-0.39, 0.29) is 12.2 Å². The van der Waals surface area contributed by atoms with Gasteiger partial charge in [-0.15, -0.1) is 5.73 Å². The fourth-order valence-corrected chi connectivity index (χ4v) is 3.79. The summed E-state index contributed by atoms with van der Waals surface area (Å²) in [5, 5.41) is 0. The van der Waals surface area contributed by atoms with Crippen molar-refractivity contribution < 1.29 is 4.74 Å². The van der Waals surface area contributed by atoms with Crippen LogP contribution < -0.4 is 0 Å². The Balaban J connectivity index is 1.59. The SMILES string of the molecule is C=C=C1C[C@@H](c2ccccc2)O[C@H]1CCCc1ccccc1I. The summed E-state index contributed by atoms with van der Waals surface area (Å²) < 4.78 is 7.62. The Morgan fingerprint density at radius 3 is 2.57 bits per heavy atom. The Bertz CT molecular complexity index is 701. The highest BCUT2D eigenvalue weighted by molar-refractivity contribution is 14.1. The average molecular weight is 416 g/mol. The van der Waals surface area contributed by atoms with Gasteiger partial charge in [-0.25, -0.2) is 0 Å². The van der Waals surface area contributed by atoms with Gasteiger partial charge in [0, 0.05) is 15.6 Å². The van der Waals surface area contributed by atoms with Crippen molar-refractivity contribution in [3.63, 3.8) is 0 Å². The van der Waals surface area contributed by atoms with E-state index in [1.54, 1.807) is 0 Å². The first-order valence-electron chi connectivity index (χ1n) is 8.10. The molecule has 1 fully saturated rings. The lowest BCUT2D eigenvalue weighted by Crippen LogP contribution is -2.08. The first kappa shape index (κ1) is 16.5. The lowest BCUT2D eigenvalue weighted by molar-refractivity contribution is 0.0467. The zero-order valence-corrected chi connectivity index (χ0v) is 15.3. The third-order valence-corrected chi connectivity index (χ3v) is 5.44. The molecule has 0 bridgehead atoms. The number of hydrogen-bond acceptors (Lipinski definition) is 1. The van der Waals surface area contributed by atoms with E-state index in [1.807, 2.05) is 6.07 Å². The molecular formula is C21H21IO. The molecule has 1 aliphatic heterocycles. The number of benzene rings is 2. The number of rotatable bonds is 5. The maximum Gasteiger partial charge on any atom is 0.0877 e. The maximum atomic E-state index is 6.28. The molecule has 0 aromatic heterocycles. The molecule has 0 unspecified atom stereocenters. The van der Waals surface area contributed by atoms with E-state index in [0.29, 0.717) is 0 Å². The topological polar surface area (TPSA) is 9.23 Å². The molecule has 2 aromatic rings. The lowest BCUT2D eigenvalue weighted by atomic mass is 9.99. The molecule has 1 aliphatic rings. The second kappa shape index (κ2) is 7.96. The molecule has 3 rings (SSSR count). The highest BCUT2D eigenvalue weighted by Gasteiger charge is 2.30. The van der Waals surface area contributed by atoms with E-state index in [9.17, 15) is 0 Å². The van der Waals surface area contributed by atoms with Crippen molar-refractivity contribution in [1.82, 2.24) is 0 Å². The van der Waals surface area contributed by atoms with Gasteiger partial charge in [-0.05, 0) is 59.0 Å². The minimum atomic E-state index is 0.155. The molecule has 1 heterocycles. The van der Waals surface area contributed by atoms with Gasteiger partial charge in [0.1, 0.15) is 0 Å². The summed E-state index contributed by atoms with van der Waals surface area (Å²) in [6, 6.07) is 19.1. The molecule has 23 heavy (non-hydrogen) atoms. The molecule has 0 saturated carbocycles. The Kier molecular flexibility index (Phi) is 5.71. The molecule has 1 nitrogen and oxygen atoms in total. The summed E-state index contributed by atoms with van der Waals surface area (Å²) in [7, 11) is 0. The summed E-state index contributed by atoms with van der Waals surface area (Å²) in [6.45, 7) is 3.86. The van der Waals surface area contributed by atoms with Crippen LogP contribution in [-0.2, 0) is 11.2 Å². The summed E-state index contributed by atoms with van der Waals surface area (Å²) in [5.74, 6) is 0.